The zero-order valence-electron chi connectivity index (χ0n) is 28.7. The number of β-amino-alcohol motifs (C(OH)–C–C–N with tert-alkyl or cyclic N) is 1. The highest BCUT2D eigenvalue weighted by Gasteiger charge is 2.48. The van der Waals surface area contributed by atoms with Gasteiger partial charge >= 0.3 is 5.97 Å². The third kappa shape index (κ3) is 9.32. The first-order valence-electron chi connectivity index (χ1n) is 18.7. The highest BCUT2D eigenvalue weighted by Crippen LogP contribution is 2.46. The topological polar surface area (TPSA) is 140 Å². The Morgan fingerprint density at radius 3 is 2.46 bits per heavy atom. The number of rotatable bonds is 5. The molecule has 4 aliphatic rings. The van der Waals surface area contributed by atoms with E-state index in [-0.39, 0.29) is 48.3 Å². The molecule has 2 saturated heterocycles. The van der Waals surface area contributed by atoms with Gasteiger partial charge in [-0.2, -0.15) is 0 Å². The molecule has 1 spiro atoms. The summed E-state index contributed by atoms with van der Waals surface area (Å²) in [5, 5.41) is 42.7. The molecule has 3 aliphatic heterocycles. The van der Waals surface area contributed by atoms with Crippen LogP contribution in [-0.2, 0) is 16.6 Å². The minimum Gasteiger partial charge on any atom is -0.481 e. The standard InChI is InChI=1S/C38H64N4O4/c1-27-32(43)17-16-31(41-27)15-14-28-11-6-3-4-7-18-37(46,25-35(44)45)26-40-36(2)23-33(42-34(39)24-36)38(19-8-5-9-20-38)30-13-10-12-29(21-28)22-30/h10,12-13,22,27-28,31-34,40-43,46H,3-9,11,14-21,23-26,39H2,1-2H3,(H,44,45)/t27-,28+,31-,32-,33+,34+,36+,37-/m1/s1. The molecule has 5 rings (SSSR count). The first-order chi connectivity index (χ1) is 22.0. The number of hydrogen-bond donors (Lipinski definition) is 7. The van der Waals surface area contributed by atoms with Gasteiger partial charge in [0, 0.05) is 35.6 Å². The van der Waals surface area contributed by atoms with Crippen LogP contribution in [0.15, 0.2) is 24.3 Å². The number of carboxylic acids is 1. The van der Waals surface area contributed by atoms with Gasteiger partial charge in [0.15, 0.2) is 0 Å². The number of carboxylic acid groups (broad SMARTS) is 1. The van der Waals surface area contributed by atoms with E-state index in [4.69, 9.17) is 5.73 Å². The van der Waals surface area contributed by atoms with Gasteiger partial charge < -0.3 is 31.7 Å². The second-order valence-corrected chi connectivity index (χ2v) is 16.3. The number of carbonyl (C=O) groups is 1. The minimum atomic E-state index is -1.28. The normalized spacial score (nSPS) is 38.0. The van der Waals surface area contributed by atoms with Crippen molar-refractivity contribution in [1.29, 1.82) is 0 Å². The van der Waals surface area contributed by atoms with Gasteiger partial charge in [-0.05, 0) is 95.1 Å². The van der Waals surface area contributed by atoms with Crippen LogP contribution in [0.5, 0.6) is 0 Å². The zero-order valence-corrected chi connectivity index (χ0v) is 28.7. The van der Waals surface area contributed by atoms with E-state index in [0.717, 1.165) is 77.0 Å². The lowest BCUT2D eigenvalue weighted by Gasteiger charge is -2.53. The Morgan fingerprint density at radius 1 is 0.957 bits per heavy atom. The summed E-state index contributed by atoms with van der Waals surface area (Å²) in [4.78, 5) is 11.8. The molecule has 1 saturated carbocycles. The summed E-state index contributed by atoms with van der Waals surface area (Å²) >= 11 is 0. The molecular formula is C38H64N4O4. The fourth-order valence-corrected chi connectivity index (χ4v) is 9.60. The lowest BCUT2D eigenvalue weighted by atomic mass is 9.61. The zero-order chi connectivity index (χ0) is 32.8. The van der Waals surface area contributed by atoms with Gasteiger partial charge in [-0.3, -0.25) is 10.1 Å². The molecule has 1 aliphatic carbocycles. The van der Waals surface area contributed by atoms with E-state index in [1.54, 1.807) is 0 Å². The number of nitrogens with one attached hydrogen (secondary N) is 3. The number of nitrogens with two attached hydrogens (primary N) is 1. The Morgan fingerprint density at radius 2 is 1.70 bits per heavy atom. The van der Waals surface area contributed by atoms with Crippen molar-refractivity contribution in [3.05, 3.63) is 35.4 Å². The highest BCUT2D eigenvalue weighted by molar-refractivity contribution is 5.68. The summed E-state index contributed by atoms with van der Waals surface area (Å²) in [5.74, 6) is -0.352. The maximum atomic E-state index is 11.8. The Bertz CT molecular complexity index is 1130. The van der Waals surface area contributed by atoms with Gasteiger partial charge in [-0.15, -0.1) is 0 Å². The molecular weight excluding hydrogens is 576 g/mol. The molecule has 8 N–H and O–H groups in total. The van der Waals surface area contributed by atoms with Crippen LogP contribution in [0.2, 0.25) is 0 Å². The smallest absolute Gasteiger partial charge is 0.306 e. The Labute approximate surface area is 278 Å². The molecule has 3 fully saturated rings. The van der Waals surface area contributed by atoms with Crippen molar-refractivity contribution in [2.75, 3.05) is 6.54 Å². The first-order valence-corrected chi connectivity index (χ1v) is 18.7. The average molecular weight is 641 g/mol. The molecule has 1 aromatic rings. The summed E-state index contributed by atoms with van der Waals surface area (Å²) < 4.78 is 0. The van der Waals surface area contributed by atoms with Crippen LogP contribution >= 0.6 is 0 Å². The van der Waals surface area contributed by atoms with E-state index < -0.39 is 11.6 Å². The molecule has 0 amide bonds. The molecule has 260 valence electrons. The minimum absolute atomic E-state index is 0.00344. The number of hydrogen-bond acceptors (Lipinski definition) is 7. The van der Waals surface area contributed by atoms with Crippen molar-refractivity contribution in [2.24, 2.45) is 11.7 Å². The van der Waals surface area contributed by atoms with E-state index in [2.05, 4.69) is 54.1 Å². The number of aliphatic hydroxyl groups excluding tert-OH is 1. The predicted octanol–water partition coefficient (Wildman–Crippen LogP) is 5.27. The Balaban J connectivity index is 1.42. The lowest BCUT2D eigenvalue weighted by Crippen LogP contribution is -2.67. The lowest BCUT2D eigenvalue weighted by molar-refractivity contribution is -0.143. The maximum absolute atomic E-state index is 11.8. The van der Waals surface area contributed by atoms with Gasteiger partial charge in [-0.1, -0.05) is 75.6 Å². The monoisotopic (exact) mass is 640 g/mol. The van der Waals surface area contributed by atoms with Crippen LogP contribution in [0.25, 0.3) is 0 Å². The van der Waals surface area contributed by atoms with Crippen molar-refractivity contribution in [3.63, 3.8) is 0 Å². The second-order valence-electron chi connectivity index (χ2n) is 16.3. The molecule has 8 atom stereocenters. The summed E-state index contributed by atoms with van der Waals surface area (Å²) in [6.07, 6.45) is 18.0. The van der Waals surface area contributed by atoms with Crippen molar-refractivity contribution in [1.82, 2.24) is 16.0 Å². The van der Waals surface area contributed by atoms with Crippen molar-refractivity contribution < 1.29 is 20.1 Å². The van der Waals surface area contributed by atoms with Gasteiger partial charge in [0.05, 0.1) is 24.3 Å². The average Bonchev–Trinajstić information content (AvgIpc) is 3.01. The van der Waals surface area contributed by atoms with Crippen LogP contribution in [0.4, 0.5) is 0 Å². The molecule has 3 heterocycles. The van der Waals surface area contributed by atoms with E-state index in [0.29, 0.717) is 18.4 Å². The number of aliphatic hydroxyl groups is 2. The summed E-state index contributed by atoms with van der Waals surface area (Å²) in [6.45, 7) is 4.59. The molecule has 8 heteroatoms. The number of fused-ring (bicyclic) bond motifs is 6. The molecule has 0 radical (unpaired) electrons. The molecule has 8 nitrogen and oxygen atoms in total. The Kier molecular flexibility index (Phi) is 12.3. The SMILES string of the molecule is C[C@H]1N[C@H](CC[C@@H]2CCCCCC[C@@](O)(CC(=O)O)CN[C@]3(C)C[C@@H](N)N[C@@H](C3)C3(CCCCC3)c3cccc(c3)C2)CC[C@H]1O. The Hall–Kier alpha value is -1.55. The highest BCUT2D eigenvalue weighted by atomic mass is 16.4. The van der Waals surface area contributed by atoms with E-state index in [1.165, 1.54) is 43.2 Å². The number of benzene rings is 1. The van der Waals surface area contributed by atoms with Gasteiger partial charge in [-0.25, -0.2) is 0 Å². The molecule has 1 aromatic carbocycles. The van der Waals surface area contributed by atoms with Gasteiger partial charge in [0.25, 0.3) is 0 Å². The van der Waals surface area contributed by atoms with Crippen LogP contribution in [0, 0.1) is 5.92 Å². The second kappa shape index (κ2) is 15.8. The van der Waals surface area contributed by atoms with Crippen LogP contribution in [-0.4, -0.2) is 69.4 Å². The van der Waals surface area contributed by atoms with Crippen LogP contribution in [0.1, 0.15) is 141 Å². The van der Waals surface area contributed by atoms with Crippen molar-refractivity contribution in [2.45, 2.75) is 183 Å². The quantitative estimate of drug-likeness (QED) is 0.231. The fraction of sp³-hybridized carbons (Fsp3) is 0.816. The van der Waals surface area contributed by atoms with E-state index in [9.17, 15) is 20.1 Å². The molecule has 0 aromatic heterocycles. The van der Waals surface area contributed by atoms with Crippen LogP contribution in [0.3, 0.4) is 0 Å². The molecule has 0 unspecified atom stereocenters. The number of aliphatic carboxylic acids is 1. The fourth-order valence-electron chi connectivity index (χ4n) is 9.60. The molecule has 46 heavy (non-hydrogen) atoms. The summed E-state index contributed by atoms with van der Waals surface area (Å²) in [6, 6.07) is 10.3. The van der Waals surface area contributed by atoms with Gasteiger partial charge in [0.1, 0.15) is 0 Å². The van der Waals surface area contributed by atoms with Crippen molar-refractivity contribution in [3.8, 4) is 0 Å². The van der Waals surface area contributed by atoms with Gasteiger partial charge in [0.2, 0.25) is 0 Å². The maximum Gasteiger partial charge on any atom is 0.306 e. The van der Waals surface area contributed by atoms with E-state index >= 15 is 0 Å². The van der Waals surface area contributed by atoms with Crippen LogP contribution < -0.4 is 21.7 Å². The summed E-state index contributed by atoms with van der Waals surface area (Å²) in [7, 11) is 0. The third-order valence-corrected chi connectivity index (χ3v) is 12.3. The molecule has 4 bridgehead atoms. The van der Waals surface area contributed by atoms with Crippen molar-refractivity contribution >= 4 is 5.97 Å². The third-order valence-electron chi connectivity index (χ3n) is 12.3. The first kappa shape index (κ1) is 35.7. The predicted molar refractivity (Wildman–Crippen MR) is 185 cm³/mol. The largest absolute Gasteiger partial charge is 0.481 e. The number of piperidine rings is 2. The summed E-state index contributed by atoms with van der Waals surface area (Å²) in [5.41, 5.74) is 8.06. The van der Waals surface area contributed by atoms with E-state index in [1.807, 2.05) is 0 Å².